The number of carbonyl (C=O) groups is 2. The summed E-state index contributed by atoms with van der Waals surface area (Å²) < 4.78 is 10.1. The van der Waals surface area contributed by atoms with Gasteiger partial charge in [-0.1, -0.05) is 41.0 Å². The molecular formula is C19H16ClN3O4. The molecular weight excluding hydrogens is 370 g/mol. The van der Waals surface area contributed by atoms with Crippen LogP contribution in [0, 0.1) is 6.92 Å². The van der Waals surface area contributed by atoms with Crippen molar-refractivity contribution in [2.24, 2.45) is 0 Å². The predicted molar refractivity (Wildman–Crippen MR) is 98.1 cm³/mol. The van der Waals surface area contributed by atoms with Crippen LogP contribution in [0.15, 0.2) is 53.1 Å². The fourth-order valence-electron chi connectivity index (χ4n) is 2.30. The van der Waals surface area contributed by atoms with E-state index in [1.807, 2.05) is 31.2 Å². The lowest BCUT2D eigenvalue weighted by Crippen LogP contribution is -2.30. The Morgan fingerprint density at radius 3 is 2.63 bits per heavy atom. The Kier molecular flexibility index (Phi) is 5.83. The monoisotopic (exact) mass is 385 g/mol. The first-order chi connectivity index (χ1) is 13.0. The summed E-state index contributed by atoms with van der Waals surface area (Å²) in [5, 5.41) is 6.88. The van der Waals surface area contributed by atoms with Crippen molar-refractivity contribution in [2.75, 3.05) is 6.54 Å². The van der Waals surface area contributed by atoms with Crippen LogP contribution in [0.4, 0.5) is 0 Å². The molecule has 3 aromatic rings. The van der Waals surface area contributed by atoms with E-state index in [0.29, 0.717) is 16.4 Å². The molecule has 0 bridgehead atoms. The third-order valence-corrected chi connectivity index (χ3v) is 3.96. The van der Waals surface area contributed by atoms with Crippen LogP contribution in [0.3, 0.4) is 0 Å². The van der Waals surface area contributed by atoms with Gasteiger partial charge in [0, 0.05) is 16.1 Å². The maximum atomic E-state index is 11.9. The highest BCUT2D eigenvalue weighted by atomic mass is 35.5. The third kappa shape index (κ3) is 4.92. The Balaban J connectivity index is 1.49. The Labute approximate surface area is 160 Å². The smallest absolute Gasteiger partial charge is 0.325 e. The number of aromatic nitrogens is 2. The first-order valence-electron chi connectivity index (χ1n) is 8.11. The summed E-state index contributed by atoms with van der Waals surface area (Å²) in [4.78, 5) is 27.9. The average Bonchev–Trinajstić information content (AvgIpc) is 3.14. The number of rotatable bonds is 6. The number of esters is 1. The van der Waals surface area contributed by atoms with Gasteiger partial charge in [-0.2, -0.15) is 4.98 Å². The molecule has 7 nitrogen and oxygen atoms in total. The van der Waals surface area contributed by atoms with Crippen molar-refractivity contribution in [1.29, 1.82) is 0 Å². The minimum atomic E-state index is -0.618. The molecule has 0 atom stereocenters. The Hall–Kier alpha value is -3.19. The zero-order chi connectivity index (χ0) is 19.2. The van der Waals surface area contributed by atoms with Gasteiger partial charge in [0.05, 0.1) is 0 Å². The number of benzene rings is 2. The molecule has 1 heterocycles. The number of aryl methyl sites for hydroxylation is 1. The van der Waals surface area contributed by atoms with Crippen LogP contribution < -0.4 is 5.32 Å². The molecule has 0 unspecified atom stereocenters. The molecule has 8 heteroatoms. The van der Waals surface area contributed by atoms with Crippen LogP contribution in [0.1, 0.15) is 21.8 Å². The van der Waals surface area contributed by atoms with Crippen LogP contribution >= 0.6 is 11.6 Å². The second-order valence-electron chi connectivity index (χ2n) is 5.68. The number of amides is 1. The maximum absolute atomic E-state index is 11.9. The summed E-state index contributed by atoms with van der Waals surface area (Å²) in [7, 11) is 0. The van der Waals surface area contributed by atoms with E-state index in [4.69, 9.17) is 20.9 Å². The molecule has 0 aliphatic rings. The summed E-state index contributed by atoms with van der Waals surface area (Å²) in [5.41, 5.74) is 2.24. The lowest BCUT2D eigenvalue weighted by atomic mass is 10.1. The van der Waals surface area contributed by atoms with Crippen LogP contribution in [0.2, 0.25) is 5.02 Å². The van der Waals surface area contributed by atoms with Gasteiger partial charge in [-0.15, -0.1) is 0 Å². The molecule has 138 valence electrons. The molecule has 0 aliphatic heterocycles. The van der Waals surface area contributed by atoms with Crippen molar-refractivity contribution < 1.29 is 18.8 Å². The molecule has 0 saturated heterocycles. The highest BCUT2D eigenvalue weighted by molar-refractivity contribution is 6.30. The van der Waals surface area contributed by atoms with E-state index < -0.39 is 11.9 Å². The van der Waals surface area contributed by atoms with Gasteiger partial charge in [0.1, 0.15) is 6.54 Å². The Morgan fingerprint density at radius 1 is 1.15 bits per heavy atom. The van der Waals surface area contributed by atoms with Crippen molar-refractivity contribution in [3.8, 4) is 11.4 Å². The van der Waals surface area contributed by atoms with E-state index in [0.717, 1.165) is 11.1 Å². The van der Waals surface area contributed by atoms with Gasteiger partial charge in [0.25, 0.3) is 11.8 Å². The van der Waals surface area contributed by atoms with E-state index in [1.54, 1.807) is 24.3 Å². The summed E-state index contributed by atoms with van der Waals surface area (Å²) >= 11 is 5.77. The largest absolute Gasteiger partial charge is 0.454 e. The first-order valence-corrected chi connectivity index (χ1v) is 8.48. The number of ether oxygens (including phenoxy) is 1. The lowest BCUT2D eigenvalue weighted by Gasteiger charge is -2.05. The van der Waals surface area contributed by atoms with Gasteiger partial charge in [0.2, 0.25) is 5.82 Å². The highest BCUT2D eigenvalue weighted by Gasteiger charge is 2.13. The van der Waals surface area contributed by atoms with Crippen LogP contribution in [-0.2, 0) is 16.1 Å². The molecule has 1 aromatic heterocycles. The number of nitrogens with one attached hydrogen (secondary N) is 1. The Bertz CT molecular complexity index is 954. The van der Waals surface area contributed by atoms with Gasteiger partial charge in [-0.05, 0) is 36.8 Å². The van der Waals surface area contributed by atoms with Gasteiger partial charge >= 0.3 is 5.97 Å². The zero-order valence-electron chi connectivity index (χ0n) is 14.4. The number of halogens is 1. The molecule has 0 radical (unpaired) electrons. The number of nitrogens with zero attached hydrogens (tertiary/aromatic N) is 2. The molecule has 0 fully saturated rings. The lowest BCUT2D eigenvalue weighted by molar-refractivity contribution is -0.144. The molecule has 0 spiro atoms. The van der Waals surface area contributed by atoms with Crippen LogP contribution in [-0.4, -0.2) is 28.6 Å². The van der Waals surface area contributed by atoms with Crippen molar-refractivity contribution in [1.82, 2.24) is 15.5 Å². The second kappa shape index (κ2) is 8.46. The highest BCUT2D eigenvalue weighted by Crippen LogP contribution is 2.19. The normalized spacial score (nSPS) is 10.4. The summed E-state index contributed by atoms with van der Waals surface area (Å²) in [6.45, 7) is 1.49. The number of hydrogen-bond acceptors (Lipinski definition) is 6. The van der Waals surface area contributed by atoms with Gasteiger partial charge in [0.15, 0.2) is 6.61 Å². The van der Waals surface area contributed by atoms with E-state index in [2.05, 4.69) is 15.5 Å². The predicted octanol–water partition coefficient (Wildman–Crippen LogP) is 3.17. The zero-order valence-corrected chi connectivity index (χ0v) is 15.2. The fraction of sp³-hybridized carbons (Fsp3) is 0.158. The molecule has 27 heavy (non-hydrogen) atoms. The third-order valence-electron chi connectivity index (χ3n) is 3.71. The molecule has 3 rings (SSSR count). The van der Waals surface area contributed by atoms with Gasteiger partial charge in [-0.3, -0.25) is 9.59 Å². The second-order valence-corrected chi connectivity index (χ2v) is 6.11. The van der Waals surface area contributed by atoms with Crippen LogP contribution in [0.5, 0.6) is 0 Å². The summed E-state index contributed by atoms with van der Waals surface area (Å²) in [6.07, 6.45) is 0. The van der Waals surface area contributed by atoms with Crippen molar-refractivity contribution in [2.45, 2.75) is 13.5 Å². The van der Waals surface area contributed by atoms with Crippen molar-refractivity contribution in [3.05, 3.63) is 70.6 Å². The first kappa shape index (κ1) is 18.6. The average molecular weight is 386 g/mol. The van der Waals surface area contributed by atoms with Crippen molar-refractivity contribution >= 4 is 23.5 Å². The summed E-state index contributed by atoms with van der Waals surface area (Å²) in [5.74, 6) is -0.419. The fourth-order valence-corrected chi connectivity index (χ4v) is 2.42. The standard InChI is InChI=1S/C19H16ClN3O4/c1-12-4-2-3-5-15(12)18-22-16(27-23-18)11-26-17(24)10-21-19(25)13-6-8-14(20)9-7-13/h2-9H,10-11H2,1H3,(H,21,25). The SMILES string of the molecule is Cc1ccccc1-c1noc(COC(=O)CNC(=O)c2ccc(Cl)cc2)n1. The summed E-state index contributed by atoms with van der Waals surface area (Å²) in [6, 6.07) is 13.9. The van der Waals surface area contributed by atoms with E-state index in [9.17, 15) is 9.59 Å². The topological polar surface area (TPSA) is 94.3 Å². The van der Waals surface area contributed by atoms with Crippen molar-refractivity contribution in [3.63, 3.8) is 0 Å². The molecule has 0 aliphatic carbocycles. The van der Waals surface area contributed by atoms with Gasteiger partial charge in [-0.25, -0.2) is 0 Å². The minimum Gasteiger partial charge on any atom is -0.454 e. The van der Waals surface area contributed by atoms with E-state index in [1.165, 1.54) is 0 Å². The van der Waals surface area contributed by atoms with E-state index >= 15 is 0 Å². The minimum absolute atomic E-state index is 0.172. The van der Waals surface area contributed by atoms with Crippen LogP contribution in [0.25, 0.3) is 11.4 Å². The van der Waals surface area contributed by atoms with Gasteiger partial charge < -0.3 is 14.6 Å². The maximum Gasteiger partial charge on any atom is 0.325 e. The van der Waals surface area contributed by atoms with E-state index in [-0.39, 0.29) is 19.0 Å². The molecule has 0 saturated carbocycles. The quantitative estimate of drug-likeness (QED) is 0.655. The molecule has 1 amide bonds. The Morgan fingerprint density at radius 2 is 1.89 bits per heavy atom. The molecule has 1 N–H and O–H groups in total. The molecule has 2 aromatic carbocycles. The number of carbonyl (C=O) groups excluding carboxylic acids is 2. The number of hydrogen-bond donors (Lipinski definition) is 1.